The van der Waals surface area contributed by atoms with Crippen molar-refractivity contribution in [2.75, 3.05) is 26.9 Å². The van der Waals surface area contributed by atoms with Crippen molar-refractivity contribution in [2.45, 2.75) is 44.8 Å². The van der Waals surface area contributed by atoms with Crippen molar-refractivity contribution in [1.29, 1.82) is 0 Å². The fourth-order valence-corrected chi connectivity index (χ4v) is 5.23. The molecule has 1 fully saturated rings. The lowest BCUT2D eigenvalue weighted by Crippen LogP contribution is -2.40. The van der Waals surface area contributed by atoms with Crippen molar-refractivity contribution in [3.8, 4) is 11.5 Å². The Morgan fingerprint density at radius 3 is 2.81 bits per heavy atom. The first kappa shape index (κ1) is 25.5. The number of fused-ring (bicyclic) bond motifs is 3. The molecule has 198 valence electrons. The molecule has 37 heavy (non-hydrogen) atoms. The normalized spacial score (nSPS) is 25.9. The summed E-state index contributed by atoms with van der Waals surface area (Å²) >= 11 is 5.96. The van der Waals surface area contributed by atoms with Crippen LogP contribution in [0.15, 0.2) is 16.9 Å². The van der Waals surface area contributed by atoms with E-state index in [-0.39, 0.29) is 60.7 Å². The molecule has 3 aliphatic rings. The van der Waals surface area contributed by atoms with E-state index in [4.69, 9.17) is 21.1 Å². The second-order valence-corrected chi connectivity index (χ2v) is 10.1. The highest BCUT2D eigenvalue weighted by molar-refractivity contribution is 6.30. The van der Waals surface area contributed by atoms with Gasteiger partial charge in [0, 0.05) is 31.1 Å². The molecule has 5 rings (SSSR count). The number of aromatic hydroxyl groups is 1. The second-order valence-electron chi connectivity index (χ2n) is 9.70. The molecule has 0 saturated heterocycles. The standard InChI is InChI=1S/C25H28ClFN4O6/c1-3-14-10-36-11-18-22-29-20(21(32)25(35)31(14)22)23(33)28-9-13-7-16(26)17(27)8-19(13)37-5-4-12-6-15(12)24(34)30(18)2/h7-8,12,14-15,18,32H,3-6,9-11H2,1-2H3,(H,28,33)/t12?,14-,15?,18+/m0/s1. The van der Waals surface area contributed by atoms with Crippen LogP contribution in [0.2, 0.25) is 5.02 Å². The summed E-state index contributed by atoms with van der Waals surface area (Å²) in [6.07, 6.45) is 1.79. The summed E-state index contributed by atoms with van der Waals surface area (Å²) < 4.78 is 27.1. The van der Waals surface area contributed by atoms with E-state index >= 15 is 0 Å². The molecule has 1 saturated carbocycles. The fourth-order valence-electron chi connectivity index (χ4n) is 5.04. The Hall–Kier alpha value is -3.18. The molecule has 2 aliphatic heterocycles. The maximum atomic E-state index is 14.1. The SMILES string of the molecule is CC[C@H]1COC[C@@H]2c3nc(c(O)c(=O)n31)C(=O)NCc1cc(Cl)c(F)cc1OCCC1CC1C(=O)N2C. The highest BCUT2D eigenvalue weighted by Gasteiger charge is 2.46. The molecule has 1 aromatic carbocycles. The summed E-state index contributed by atoms with van der Waals surface area (Å²) in [5.41, 5.74) is -0.832. The first-order chi connectivity index (χ1) is 17.7. The molecular formula is C25H28ClFN4O6. The molecule has 2 N–H and O–H groups in total. The summed E-state index contributed by atoms with van der Waals surface area (Å²) in [5, 5.41) is 13.2. The molecule has 12 heteroatoms. The molecule has 1 aliphatic carbocycles. The lowest BCUT2D eigenvalue weighted by Gasteiger charge is -2.29. The molecule has 2 unspecified atom stereocenters. The first-order valence-electron chi connectivity index (χ1n) is 12.3. The highest BCUT2D eigenvalue weighted by atomic mass is 35.5. The molecule has 0 spiro atoms. The predicted molar refractivity (Wildman–Crippen MR) is 130 cm³/mol. The van der Waals surface area contributed by atoms with Gasteiger partial charge in [0.25, 0.3) is 11.5 Å². The average Bonchev–Trinajstić information content (AvgIpc) is 3.67. The van der Waals surface area contributed by atoms with Crippen molar-refractivity contribution < 1.29 is 28.6 Å². The second kappa shape index (κ2) is 9.94. The van der Waals surface area contributed by atoms with Crippen LogP contribution in [0, 0.1) is 17.7 Å². The van der Waals surface area contributed by atoms with Crippen molar-refractivity contribution in [2.24, 2.45) is 11.8 Å². The third-order valence-electron chi connectivity index (χ3n) is 7.40. The third-order valence-corrected chi connectivity index (χ3v) is 7.69. The van der Waals surface area contributed by atoms with Gasteiger partial charge in [0.2, 0.25) is 11.7 Å². The molecule has 1 aromatic heterocycles. The fraction of sp³-hybridized carbons (Fsp3) is 0.520. The summed E-state index contributed by atoms with van der Waals surface area (Å²) in [6.45, 7) is 2.31. The minimum absolute atomic E-state index is 0.0922. The number of rotatable bonds is 1. The van der Waals surface area contributed by atoms with E-state index in [1.807, 2.05) is 6.92 Å². The van der Waals surface area contributed by atoms with Crippen LogP contribution in [0.4, 0.5) is 4.39 Å². The van der Waals surface area contributed by atoms with Crippen molar-refractivity contribution >= 4 is 23.4 Å². The number of halogens is 2. The van der Waals surface area contributed by atoms with Crippen LogP contribution in [0.5, 0.6) is 11.5 Å². The molecule has 4 atom stereocenters. The molecule has 2 amide bonds. The number of carbonyl (C=O) groups is 2. The molecule has 10 nitrogen and oxygen atoms in total. The zero-order valence-electron chi connectivity index (χ0n) is 20.5. The molecule has 0 radical (unpaired) electrons. The van der Waals surface area contributed by atoms with E-state index in [0.717, 1.165) is 6.07 Å². The largest absolute Gasteiger partial charge is 0.501 e. The summed E-state index contributed by atoms with van der Waals surface area (Å²) in [7, 11) is 1.63. The minimum atomic E-state index is -0.815. The van der Waals surface area contributed by atoms with Gasteiger partial charge in [0.15, 0.2) is 5.69 Å². The van der Waals surface area contributed by atoms with E-state index < -0.39 is 40.8 Å². The molecule has 3 heterocycles. The predicted octanol–water partition coefficient (Wildman–Crippen LogP) is 2.57. The van der Waals surface area contributed by atoms with Gasteiger partial charge < -0.3 is 24.8 Å². The van der Waals surface area contributed by atoms with Crippen LogP contribution in [0.25, 0.3) is 0 Å². The van der Waals surface area contributed by atoms with Gasteiger partial charge in [-0.1, -0.05) is 18.5 Å². The van der Waals surface area contributed by atoms with Crippen molar-refractivity contribution in [3.63, 3.8) is 0 Å². The van der Waals surface area contributed by atoms with Crippen LogP contribution in [0.3, 0.4) is 0 Å². The maximum absolute atomic E-state index is 14.1. The van der Waals surface area contributed by atoms with Gasteiger partial charge in [-0.15, -0.1) is 0 Å². The van der Waals surface area contributed by atoms with E-state index in [0.29, 0.717) is 24.8 Å². The zero-order chi connectivity index (χ0) is 26.4. The van der Waals surface area contributed by atoms with Crippen LogP contribution >= 0.6 is 11.6 Å². The number of nitrogens with zero attached hydrogens (tertiary/aromatic N) is 3. The van der Waals surface area contributed by atoms with E-state index in [1.54, 1.807) is 7.05 Å². The Kier molecular flexibility index (Phi) is 6.84. The quantitative estimate of drug-likeness (QED) is 0.576. The Labute approximate surface area is 217 Å². The Bertz CT molecular complexity index is 1320. The summed E-state index contributed by atoms with van der Waals surface area (Å²) in [6, 6.07) is 1.35. The number of likely N-dealkylation sites (N-methyl/N-ethyl adjacent to an activating group) is 1. The average molecular weight is 535 g/mol. The smallest absolute Gasteiger partial charge is 0.296 e. The third kappa shape index (κ3) is 4.66. The van der Waals surface area contributed by atoms with Crippen LogP contribution < -0.4 is 15.6 Å². The Balaban J connectivity index is 1.61. The van der Waals surface area contributed by atoms with Gasteiger partial charge in [-0.3, -0.25) is 19.0 Å². The van der Waals surface area contributed by atoms with Crippen molar-refractivity contribution in [3.05, 3.63) is 50.4 Å². The molecular weight excluding hydrogens is 507 g/mol. The van der Waals surface area contributed by atoms with E-state index in [9.17, 15) is 23.9 Å². The van der Waals surface area contributed by atoms with Crippen LogP contribution in [0.1, 0.15) is 60.1 Å². The lowest BCUT2D eigenvalue weighted by molar-refractivity contribution is -0.135. The van der Waals surface area contributed by atoms with Gasteiger partial charge in [-0.25, -0.2) is 9.37 Å². The number of aromatic nitrogens is 2. The maximum Gasteiger partial charge on any atom is 0.296 e. The van der Waals surface area contributed by atoms with Crippen molar-refractivity contribution in [1.82, 2.24) is 19.8 Å². The number of nitrogens with one attached hydrogen (secondary N) is 1. The number of hydrogen-bond acceptors (Lipinski definition) is 7. The first-order valence-corrected chi connectivity index (χ1v) is 12.7. The topological polar surface area (TPSA) is 123 Å². The number of hydrogen-bond donors (Lipinski definition) is 2. The number of amides is 2. The van der Waals surface area contributed by atoms with Gasteiger partial charge in [0.1, 0.15) is 23.4 Å². The monoisotopic (exact) mass is 534 g/mol. The Morgan fingerprint density at radius 1 is 1.27 bits per heavy atom. The zero-order valence-corrected chi connectivity index (χ0v) is 21.3. The molecule has 2 aromatic rings. The Morgan fingerprint density at radius 2 is 2.05 bits per heavy atom. The highest BCUT2D eigenvalue weighted by Crippen LogP contribution is 2.44. The van der Waals surface area contributed by atoms with Gasteiger partial charge in [0.05, 0.1) is 30.9 Å². The molecule has 2 bridgehead atoms. The van der Waals surface area contributed by atoms with E-state index in [1.165, 1.54) is 15.5 Å². The summed E-state index contributed by atoms with van der Waals surface area (Å²) in [5.74, 6) is -2.14. The van der Waals surface area contributed by atoms with Crippen LogP contribution in [-0.2, 0) is 16.1 Å². The van der Waals surface area contributed by atoms with Crippen LogP contribution in [-0.4, -0.2) is 58.2 Å². The number of ether oxygens (including phenoxy) is 2. The van der Waals surface area contributed by atoms with Gasteiger partial charge in [-0.2, -0.15) is 0 Å². The number of carbonyl (C=O) groups excluding carboxylic acids is 2. The minimum Gasteiger partial charge on any atom is -0.501 e. The van der Waals surface area contributed by atoms with Gasteiger partial charge in [-0.05, 0) is 31.2 Å². The van der Waals surface area contributed by atoms with E-state index in [2.05, 4.69) is 10.3 Å². The lowest BCUT2D eigenvalue weighted by atomic mass is 10.1. The van der Waals surface area contributed by atoms with Gasteiger partial charge >= 0.3 is 0 Å². The summed E-state index contributed by atoms with van der Waals surface area (Å²) in [4.78, 5) is 45.7. The number of benzene rings is 1.